The number of thiazole rings is 1. The van der Waals surface area contributed by atoms with E-state index in [1.807, 2.05) is 11.4 Å². The standard InChI is InChI=1S/C34H44N4O6S/c1-9-38-28-13-12-21(30-36-22(19-45-30)16-26(31(40)43-8)37-32(41)44-33(2,3)4)15-24(28)25(17-34(5,6)20-39)29(38)23-11-10-14-35-27(23)18-42-7/h10-15,19,26,39H,9,16-18,20H2,1-8H3,(H,37,41)/t26-/m0/s1. The number of pyridine rings is 1. The van der Waals surface area contributed by atoms with Crippen molar-refractivity contribution in [2.75, 3.05) is 20.8 Å². The zero-order chi connectivity index (χ0) is 32.9. The Hall–Kier alpha value is -3.80. The van der Waals surface area contributed by atoms with E-state index in [4.69, 9.17) is 19.2 Å². The molecule has 1 amide bonds. The van der Waals surface area contributed by atoms with Gasteiger partial charge in [-0.2, -0.15) is 0 Å². The van der Waals surface area contributed by atoms with Gasteiger partial charge in [-0.05, 0) is 75.4 Å². The third-order valence-corrected chi connectivity index (χ3v) is 8.32. The molecule has 0 aliphatic heterocycles. The Morgan fingerprint density at radius 2 is 1.89 bits per heavy atom. The van der Waals surface area contributed by atoms with Crippen molar-refractivity contribution in [1.29, 1.82) is 0 Å². The number of aromatic nitrogens is 3. The molecule has 0 fully saturated rings. The molecule has 0 radical (unpaired) electrons. The van der Waals surface area contributed by atoms with E-state index in [1.165, 1.54) is 18.4 Å². The number of aliphatic hydroxyl groups excluding tert-OH is 1. The van der Waals surface area contributed by atoms with Crippen molar-refractivity contribution < 1.29 is 28.9 Å². The minimum atomic E-state index is -0.948. The van der Waals surface area contributed by atoms with Crippen LogP contribution in [0.2, 0.25) is 0 Å². The molecule has 45 heavy (non-hydrogen) atoms. The molecule has 3 aromatic heterocycles. The van der Waals surface area contributed by atoms with Crippen LogP contribution in [0.15, 0.2) is 41.9 Å². The van der Waals surface area contributed by atoms with Crippen LogP contribution in [0.4, 0.5) is 4.79 Å². The van der Waals surface area contributed by atoms with E-state index in [9.17, 15) is 14.7 Å². The first kappa shape index (κ1) is 34.1. The van der Waals surface area contributed by atoms with Crippen molar-refractivity contribution in [2.45, 2.75) is 79.2 Å². The van der Waals surface area contributed by atoms with Crippen LogP contribution in [-0.4, -0.2) is 64.2 Å². The minimum Gasteiger partial charge on any atom is -0.467 e. The molecule has 2 N–H and O–H groups in total. The fourth-order valence-corrected chi connectivity index (χ4v) is 6.17. The van der Waals surface area contributed by atoms with Crippen LogP contribution < -0.4 is 5.32 Å². The number of rotatable bonds is 12. The zero-order valence-electron chi connectivity index (χ0n) is 27.4. The van der Waals surface area contributed by atoms with Gasteiger partial charge in [0.05, 0.1) is 30.8 Å². The van der Waals surface area contributed by atoms with Gasteiger partial charge in [0.15, 0.2) is 0 Å². The normalized spacial score (nSPS) is 12.7. The van der Waals surface area contributed by atoms with Crippen molar-refractivity contribution >= 4 is 34.3 Å². The highest BCUT2D eigenvalue weighted by atomic mass is 32.1. The molecule has 0 saturated heterocycles. The Labute approximate surface area is 268 Å². The second kappa shape index (κ2) is 14.1. The number of carbonyl (C=O) groups excluding carboxylic acids is 2. The number of ether oxygens (including phenoxy) is 3. The van der Waals surface area contributed by atoms with E-state index >= 15 is 0 Å². The number of hydrogen-bond acceptors (Lipinski definition) is 9. The van der Waals surface area contributed by atoms with E-state index in [0.29, 0.717) is 18.7 Å². The second-order valence-corrected chi connectivity index (χ2v) is 13.7. The Bertz CT molecular complexity index is 1650. The van der Waals surface area contributed by atoms with Gasteiger partial charge in [-0.3, -0.25) is 4.98 Å². The van der Waals surface area contributed by atoms with Gasteiger partial charge in [0, 0.05) is 60.3 Å². The summed E-state index contributed by atoms with van der Waals surface area (Å²) in [6, 6.07) is 9.39. The average Bonchev–Trinajstić information content (AvgIpc) is 3.57. The number of hydrogen-bond donors (Lipinski definition) is 2. The summed E-state index contributed by atoms with van der Waals surface area (Å²) < 4.78 is 18.1. The molecule has 4 rings (SSSR count). The Morgan fingerprint density at radius 3 is 2.53 bits per heavy atom. The molecule has 11 heteroatoms. The van der Waals surface area contributed by atoms with Gasteiger partial charge in [0.1, 0.15) is 16.7 Å². The molecule has 4 aromatic rings. The minimum absolute atomic E-state index is 0.0391. The van der Waals surface area contributed by atoms with Gasteiger partial charge in [0.25, 0.3) is 0 Å². The lowest BCUT2D eigenvalue weighted by Crippen LogP contribution is -2.45. The molecule has 0 aliphatic rings. The maximum Gasteiger partial charge on any atom is 0.408 e. The lowest BCUT2D eigenvalue weighted by Gasteiger charge is -2.23. The summed E-state index contributed by atoms with van der Waals surface area (Å²) in [5.74, 6) is -0.579. The van der Waals surface area contributed by atoms with E-state index in [1.54, 1.807) is 34.1 Å². The summed E-state index contributed by atoms with van der Waals surface area (Å²) in [5, 5.41) is 16.6. The molecule has 3 heterocycles. The second-order valence-electron chi connectivity index (χ2n) is 12.8. The van der Waals surface area contributed by atoms with Crippen LogP contribution in [0.25, 0.3) is 32.7 Å². The smallest absolute Gasteiger partial charge is 0.408 e. The number of aliphatic hydroxyl groups is 1. The molecule has 1 aromatic carbocycles. The first-order valence-corrected chi connectivity index (χ1v) is 15.9. The number of methoxy groups -OCH3 is 2. The first-order valence-electron chi connectivity index (χ1n) is 15.0. The van der Waals surface area contributed by atoms with Crippen molar-refractivity contribution in [3.05, 3.63) is 58.9 Å². The molecule has 1 atom stereocenters. The van der Waals surface area contributed by atoms with Gasteiger partial charge in [-0.1, -0.05) is 13.8 Å². The van der Waals surface area contributed by atoms with E-state index in [-0.39, 0.29) is 18.4 Å². The largest absolute Gasteiger partial charge is 0.467 e. The van der Waals surface area contributed by atoms with Crippen LogP contribution in [0.1, 0.15) is 58.5 Å². The first-order chi connectivity index (χ1) is 21.3. The molecular formula is C34H44N4O6S. The molecule has 0 bridgehead atoms. The SMILES string of the molecule is CCn1c(-c2cccnc2COC)c(CC(C)(C)CO)c2cc(-c3nc(C[C@H](NC(=O)OC(C)(C)C)C(=O)OC)cs3)ccc21. The predicted molar refractivity (Wildman–Crippen MR) is 176 cm³/mol. The highest BCUT2D eigenvalue weighted by Gasteiger charge is 2.28. The molecule has 0 saturated carbocycles. The summed E-state index contributed by atoms with van der Waals surface area (Å²) in [7, 11) is 2.95. The van der Waals surface area contributed by atoms with Crippen molar-refractivity contribution in [3.8, 4) is 21.8 Å². The molecular weight excluding hydrogens is 592 g/mol. The molecule has 0 spiro atoms. The van der Waals surface area contributed by atoms with Gasteiger partial charge in [-0.25, -0.2) is 14.6 Å². The number of amides is 1. The Kier molecular flexibility index (Phi) is 10.7. The summed E-state index contributed by atoms with van der Waals surface area (Å²) in [5.41, 5.74) is 5.64. The third kappa shape index (κ3) is 8.08. The highest BCUT2D eigenvalue weighted by Crippen LogP contribution is 2.40. The molecule has 0 unspecified atom stereocenters. The Balaban J connectivity index is 1.77. The number of esters is 1. The van der Waals surface area contributed by atoms with Crippen molar-refractivity contribution in [1.82, 2.24) is 19.9 Å². The number of nitrogens with zero attached hydrogens (tertiary/aromatic N) is 3. The summed E-state index contributed by atoms with van der Waals surface area (Å²) >= 11 is 1.47. The number of nitrogens with one attached hydrogen (secondary N) is 1. The molecule has 242 valence electrons. The topological polar surface area (TPSA) is 125 Å². The molecule has 10 nitrogen and oxygen atoms in total. The van der Waals surface area contributed by atoms with Crippen LogP contribution in [-0.2, 0) is 45.0 Å². The van der Waals surface area contributed by atoms with E-state index < -0.39 is 23.7 Å². The number of fused-ring (bicyclic) bond motifs is 1. The van der Waals surface area contributed by atoms with Crippen LogP contribution in [0.3, 0.4) is 0 Å². The number of carbonyl (C=O) groups is 2. The number of aryl methyl sites for hydroxylation is 1. The van der Waals surface area contributed by atoms with Crippen molar-refractivity contribution in [2.24, 2.45) is 5.41 Å². The fourth-order valence-electron chi connectivity index (χ4n) is 5.34. The van der Waals surface area contributed by atoms with Gasteiger partial charge in [0.2, 0.25) is 0 Å². The molecule has 0 aliphatic carbocycles. The van der Waals surface area contributed by atoms with E-state index in [0.717, 1.165) is 50.5 Å². The average molecular weight is 637 g/mol. The van der Waals surface area contributed by atoms with Crippen LogP contribution in [0.5, 0.6) is 0 Å². The van der Waals surface area contributed by atoms with Crippen LogP contribution >= 0.6 is 11.3 Å². The van der Waals surface area contributed by atoms with Crippen molar-refractivity contribution in [3.63, 3.8) is 0 Å². The monoisotopic (exact) mass is 636 g/mol. The Morgan fingerprint density at radius 1 is 1.13 bits per heavy atom. The predicted octanol–water partition coefficient (Wildman–Crippen LogP) is 6.16. The number of alkyl carbamates (subject to hydrolysis) is 1. The maximum absolute atomic E-state index is 12.5. The summed E-state index contributed by atoms with van der Waals surface area (Å²) in [4.78, 5) is 34.4. The van der Waals surface area contributed by atoms with E-state index in [2.05, 4.69) is 59.9 Å². The summed E-state index contributed by atoms with van der Waals surface area (Å²) in [6.07, 6.45) is 1.88. The lowest BCUT2D eigenvalue weighted by molar-refractivity contribution is -0.143. The van der Waals surface area contributed by atoms with Gasteiger partial charge in [-0.15, -0.1) is 11.3 Å². The zero-order valence-corrected chi connectivity index (χ0v) is 28.2. The van der Waals surface area contributed by atoms with Crippen LogP contribution in [0, 0.1) is 5.41 Å². The highest BCUT2D eigenvalue weighted by molar-refractivity contribution is 7.13. The fraction of sp³-hybridized carbons (Fsp3) is 0.471. The number of benzene rings is 1. The van der Waals surface area contributed by atoms with Gasteiger partial charge < -0.3 is 29.2 Å². The quantitative estimate of drug-likeness (QED) is 0.177. The van der Waals surface area contributed by atoms with Gasteiger partial charge >= 0.3 is 12.1 Å². The third-order valence-electron chi connectivity index (χ3n) is 7.38. The summed E-state index contributed by atoms with van der Waals surface area (Å²) in [6.45, 7) is 12.7. The maximum atomic E-state index is 12.5. The lowest BCUT2D eigenvalue weighted by atomic mass is 9.84.